The molecule has 1 fully saturated rings. The van der Waals surface area contributed by atoms with Crippen LogP contribution in [0.2, 0.25) is 5.02 Å². The lowest BCUT2D eigenvalue weighted by Gasteiger charge is -2.31. The van der Waals surface area contributed by atoms with E-state index in [1.165, 1.54) is 29.0 Å². The molecule has 116 valence electrons. The van der Waals surface area contributed by atoms with Gasteiger partial charge in [-0.3, -0.25) is 4.90 Å². The van der Waals surface area contributed by atoms with E-state index >= 15 is 0 Å². The summed E-state index contributed by atoms with van der Waals surface area (Å²) in [7, 11) is 0. The number of thiophene rings is 1. The van der Waals surface area contributed by atoms with Crippen LogP contribution in [0.4, 0.5) is 0 Å². The Morgan fingerprint density at radius 1 is 1.18 bits per heavy atom. The molecule has 1 atom stereocenters. The van der Waals surface area contributed by atoms with Gasteiger partial charge in [-0.25, -0.2) is 0 Å². The fraction of sp³-hybridized carbons (Fsp3) is 0.389. The highest BCUT2D eigenvalue weighted by Gasteiger charge is 2.24. The highest BCUT2D eigenvalue weighted by molar-refractivity contribution is 7.15. The summed E-state index contributed by atoms with van der Waals surface area (Å²) in [5.74, 6) is 0. The third-order valence-corrected chi connectivity index (χ3v) is 5.68. The highest BCUT2D eigenvalue weighted by atomic mass is 35.5. The largest absolute Gasteiger partial charge is 0.301 e. The summed E-state index contributed by atoms with van der Waals surface area (Å²) in [4.78, 5) is 16.4. The van der Waals surface area contributed by atoms with Gasteiger partial charge in [-0.2, -0.15) is 0 Å². The highest BCUT2D eigenvalue weighted by Crippen LogP contribution is 2.36. The molecule has 0 amide bonds. The third-order valence-electron chi connectivity index (χ3n) is 4.32. The van der Waals surface area contributed by atoms with Crippen LogP contribution in [0.1, 0.15) is 35.7 Å². The number of hydrogen-bond donors (Lipinski definition) is 0. The molecule has 22 heavy (non-hydrogen) atoms. The molecule has 0 aliphatic carbocycles. The van der Waals surface area contributed by atoms with Crippen LogP contribution in [0.5, 0.6) is 0 Å². The quantitative estimate of drug-likeness (QED) is 0.725. The van der Waals surface area contributed by atoms with Gasteiger partial charge in [0.15, 0.2) is 0 Å². The molecule has 1 aliphatic heterocycles. The second-order valence-electron chi connectivity index (χ2n) is 5.81. The average molecular weight is 334 g/mol. The topological polar surface area (TPSA) is 20.3 Å². The number of piperidine rings is 1. The zero-order valence-electron chi connectivity index (χ0n) is 12.7. The zero-order valence-corrected chi connectivity index (χ0v) is 14.3. The van der Waals surface area contributed by atoms with E-state index in [9.17, 15) is 4.79 Å². The molecule has 2 nitrogen and oxygen atoms in total. The SMILES string of the molecule is Cc1sc(-c2ccc(Cl)cc2)cc1C(C=O)N1CCCCC1. The van der Waals surface area contributed by atoms with Crippen LogP contribution in [-0.4, -0.2) is 24.3 Å². The lowest BCUT2D eigenvalue weighted by atomic mass is 10.0. The monoisotopic (exact) mass is 333 g/mol. The first-order valence-corrected chi connectivity index (χ1v) is 8.94. The second kappa shape index (κ2) is 6.95. The van der Waals surface area contributed by atoms with Gasteiger partial charge in [0.05, 0.1) is 6.04 Å². The summed E-state index contributed by atoms with van der Waals surface area (Å²) in [6.45, 7) is 4.16. The molecule has 0 radical (unpaired) electrons. The zero-order chi connectivity index (χ0) is 15.5. The molecule has 0 spiro atoms. The van der Waals surface area contributed by atoms with Crippen LogP contribution < -0.4 is 0 Å². The van der Waals surface area contributed by atoms with Crippen LogP contribution in [0.15, 0.2) is 30.3 Å². The van der Waals surface area contributed by atoms with Gasteiger partial charge in [0.1, 0.15) is 6.29 Å². The molecule has 3 rings (SSSR count). The number of nitrogens with zero attached hydrogens (tertiary/aromatic N) is 1. The molecule has 1 aromatic heterocycles. The number of aryl methyl sites for hydroxylation is 1. The molecular weight excluding hydrogens is 314 g/mol. The molecule has 0 saturated carbocycles. The maximum absolute atomic E-state index is 11.7. The van der Waals surface area contributed by atoms with E-state index in [1.807, 2.05) is 24.3 Å². The maximum Gasteiger partial charge on any atom is 0.141 e. The lowest BCUT2D eigenvalue weighted by Crippen LogP contribution is -2.34. The van der Waals surface area contributed by atoms with Crippen molar-refractivity contribution in [3.8, 4) is 10.4 Å². The van der Waals surface area contributed by atoms with E-state index in [1.54, 1.807) is 11.3 Å². The Morgan fingerprint density at radius 2 is 1.86 bits per heavy atom. The van der Waals surface area contributed by atoms with Gasteiger partial charge in [0.2, 0.25) is 0 Å². The predicted molar refractivity (Wildman–Crippen MR) is 93.7 cm³/mol. The van der Waals surface area contributed by atoms with Gasteiger partial charge >= 0.3 is 0 Å². The van der Waals surface area contributed by atoms with Crippen molar-refractivity contribution in [2.24, 2.45) is 0 Å². The van der Waals surface area contributed by atoms with Crippen molar-refractivity contribution in [2.75, 3.05) is 13.1 Å². The maximum atomic E-state index is 11.7. The first kappa shape index (κ1) is 15.7. The number of aldehydes is 1. The summed E-state index contributed by atoms with van der Waals surface area (Å²) in [6, 6.07) is 9.97. The van der Waals surface area contributed by atoms with Crippen molar-refractivity contribution in [1.82, 2.24) is 4.90 Å². The number of carbonyl (C=O) groups is 1. The van der Waals surface area contributed by atoms with E-state index in [0.29, 0.717) is 0 Å². The lowest BCUT2D eigenvalue weighted by molar-refractivity contribution is -0.113. The second-order valence-corrected chi connectivity index (χ2v) is 7.50. The number of hydrogen-bond acceptors (Lipinski definition) is 3. The fourth-order valence-corrected chi connectivity index (χ4v) is 4.29. The van der Waals surface area contributed by atoms with Crippen molar-refractivity contribution in [2.45, 2.75) is 32.2 Å². The number of benzene rings is 1. The van der Waals surface area contributed by atoms with Crippen molar-refractivity contribution in [3.63, 3.8) is 0 Å². The van der Waals surface area contributed by atoms with Crippen LogP contribution in [0.25, 0.3) is 10.4 Å². The van der Waals surface area contributed by atoms with Crippen molar-refractivity contribution >= 4 is 29.2 Å². The molecule has 2 aromatic rings. The molecule has 1 saturated heterocycles. The number of rotatable bonds is 4. The summed E-state index contributed by atoms with van der Waals surface area (Å²) in [6.07, 6.45) is 4.77. The normalized spacial score (nSPS) is 17.4. The van der Waals surface area contributed by atoms with E-state index in [0.717, 1.165) is 35.5 Å². The third kappa shape index (κ3) is 3.27. The Balaban J connectivity index is 1.90. The standard InChI is InChI=1S/C18H20ClNOS/c1-13-16(17(12-21)20-9-3-2-4-10-20)11-18(22-13)14-5-7-15(19)8-6-14/h5-8,11-12,17H,2-4,9-10H2,1H3. The van der Waals surface area contributed by atoms with Crippen LogP contribution >= 0.6 is 22.9 Å². The van der Waals surface area contributed by atoms with Gasteiger partial charge < -0.3 is 4.79 Å². The van der Waals surface area contributed by atoms with E-state index < -0.39 is 0 Å². The summed E-state index contributed by atoms with van der Waals surface area (Å²) in [5, 5.41) is 0.747. The fourth-order valence-electron chi connectivity index (χ4n) is 3.10. The van der Waals surface area contributed by atoms with Gasteiger partial charge in [-0.05, 0) is 62.2 Å². The van der Waals surface area contributed by atoms with Crippen molar-refractivity contribution < 1.29 is 4.79 Å². The van der Waals surface area contributed by atoms with E-state index in [4.69, 9.17) is 11.6 Å². The van der Waals surface area contributed by atoms with Crippen LogP contribution in [0.3, 0.4) is 0 Å². The number of likely N-dealkylation sites (tertiary alicyclic amines) is 1. The molecule has 1 aliphatic rings. The molecule has 2 heterocycles. The number of halogens is 1. The number of carbonyl (C=O) groups excluding carboxylic acids is 1. The van der Waals surface area contributed by atoms with Crippen molar-refractivity contribution in [1.29, 1.82) is 0 Å². The molecule has 0 N–H and O–H groups in total. The van der Waals surface area contributed by atoms with Gasteiger partial charge in [-0.15, -0.1) is 11.3 Å². The van der Waals surface area contributed by atoms with Gasteiger partial charge in [0, 0.05) is 14.8 Å². The van der Waals surface area contributed by atoms with Crippen LogP contribution in [0, 0.1) is 6.92 Å². The molecular formula is C18H20ClNOS. The molecule has 1 aromatic carbocycles. The minimum absolute atomic E-state index is 0.0994. The Hall–Kier alpha value is -1.16. The summed E-state index contributed by atoms with van der Waals surface area (Å²) in [5.41, 5.74) is 2.32. The smallest absolute Gasteiger partial charge is 0.141 e. The first-order valence-electron chi connectivity index (χ1n) is 7.74. The van der Waals surface area contributed by atoms with Crippen LogP contribution in [-0.2, 0) is 4.79 Å². The van der Waals surface area contributed by atoms with Gasteiger partial charge in [0.25, 0.3) is 0 Å². The Labute approximate surface area is 140 Å². The Kier molecular flexibility index (Phi) is 4.97. The Bertz CT molecular complexity index is 644. The summed E-state index contributed by atoms with van der Waals surface area (Å²) < 4.78 is 0. The Morgan fingerprint density at radius 3 is 2.50 bits per heavy atom. The minimum Gasteiger partial charge on any atom is -0.301 e. The molecule has 0 bridgehead atoms. The van der Waals surface area contributed by atoms with E-state index in [-0.39, 0.29) is 6.04 Å². The first-order chi connectivity index (χ1) is 10.7. The molecule has 4 heteroatoms. The van der Waals surface area contributed by atoms with Crippen molar-refractivity contribution in [3.05, 3.63) is 45.8 Å². The van der Waals surface area contributed by atoms with Gasteiger partial charge in [-0.1, -0.05) is 30.2 Å². The predicted octanol–water partition coefficient (Wildman–Crippen LogP) is 5.10. The van der Waals surface area contributed by atoms with E-state index in [2.05, 4.69) is 17.9 Å². The average Bonchev–Trinajstić information content (AvgIpc) is 2.92. The molecule has 1 unspecified atom stereocenters. The summed E-state index contributed by atoms with van der Waals surface area (Å²) >= 11 is 7.71. The minimum atomic E-state index is -0.0994.